The molecule has 0 atom stereocenters. The number of non-ortho nitro benzene ring substituents is 1. The predicted molar refractivity (Wildman–Crippen MR) is 112 cm³/mol. The smallest absolute Gasteiger partial charge is 0.269 e. The van der Waals surface area contributed by atoms with E-state index < -0.39 is 4.92 Å². The van der Waals surface area contributed by atoms with Gasteiger partial charge in [0.15, 0.2) is 16.6 Å². The molecule has 0 aliphatic carbocycles. The van der Waals surface area contributed by atoms with Crippen LogP contribution in [0.15, 0.2) is 60.2 Å². The average molecular weight is 400 g/mol. The number of ether oxygens (including phenoxy) is 2. The first-order valence-electron chi connectivity index (χ1n) is 8.25. The lowest BCUT2D eigenvalue weighted by Crippen LogP contribution is -2.31. The number of nitrogens with one attached hydrogen (secondary N) is 2. The zero-order valence-corrected chi connectivity index (χ0v) is 16.1. The summed E-state index contributed by atoms with van der Waals surface area (Å²) in [5.74, 6) is 1.03. The SMILES string of the molecule is C=CCNC(=S)N/N=C\c1ccc(OCc2cccc([N+](=O)[O-])c2)c(OC)c1. The van der Waals surface area contributed by atoms with E-state index in [1.807, 2.05) is 0 Å². The Morgan fingerprint density at radius 3 is 2.86 bits per heavy atom. The molecule has 8 nitrogen and oxygen atoms in total. The summed E-state index contributed by atoms with van der Waals surface area (Å²) in [6, 6.07) is 11.6. The highest BCUT2D eigenvalue weighted by Gasteiger charge is 2.09. The predicted octanol–water partition coefficient (Wildman–Crippen LogP) is 3.17. The van der Waals surface area contributed by atoms with Gasteiger partial charge in [0, 0.05) is 18.7 Å². The van der Waals surface area contributed by atoms with Gasteiger partial charge < -0.3 is 14.8 Å². The molecule has 2 rings (SSSR count). The van der Waals surface area contributed by atoms with Gasteiger partial charge in [0.05, 0.1) is 18.2 Å². The van der Waals surface area contributed by atoms with Crippen molar-refractivity contribution in [2.75, 3.05) is 13.7 Å². The molecule has 0 aliphatic rings. The second kappa shape index (κ2) is 10.6. The molecule has 0 radical (unpaired) electrons. The third-order valence-electron chi connectivity index (χ3n) is 3.49. The third-order valence-corrected chi connectivity index (χ3v) is 3.73. The van der Waals surface area contributed by atoms with Gasteiger partial charge in [-0.2, -0.15) is 5.10 Å². The summed E-state index contributed by atoms with van der Waals surface area (Å²) in [6.07, 6.45) is 3.28. The molecule has 0 heterocycles. The van der Waals surface area contributed by atoms with E-state index in [2.05, 4.69) is 22.4 Å². The highest BCUT2D eigenvalue weighted by atomic mass is 32.1. The minimum absolute atomic E-state index is 0.0209. The number of benzene rings is 2. The minimum atomic E-state index is -0.440. The fourth-order valence-electron chi connectivity index (χ4n) is 2.17. The van der Waals surface area contributed by atoms with Crippen LogP contribution in [0.5, 0.6) is 11.5 Å². The number of nitro groups is 1. The first-order chi connectivity index (χ1) is 13.5. The number of nitrogens with zero attached hydrogens (tertiary/aromatic N) is 2. The average Bonchev–Trinajstić information content (AvgIpc) is 2.71. The molecule has 2 aromatic rings. The molecule has 9 heteroatoms. The summed E-state index contributed by atoms with van der Waals surface area (Å²) >= 11 is 5.04. The van der Waals surface area contributed by atoms with Crippen LogP contribution in [0.2, 0.25) is 0 Å². The number of hydrazone groups is 1. The lowest BCUT2D eigenvalue weighted by Gasteiger charge is -2.11. The topological polar surface area (TPSA) is 98.0 Å². The summed E-state index contributed by atoms with van der Waals surface area (Å²) in [5, 5.41) is 18.2. The first kappa shape index (κ1) is 20.8. The molecule has 0 amide bonds. The fraction of sp³-hybridized carbons (Fsp3) is 0.158. The Balaban J connectivity index is 2.00. The molecule has 28 heavy (non-hydrogen) atoms. The van der Waals surface area contributed by atoms with Crippen molar-refractivity contribution in [1.82, 2.24) is 10.7 Å². The van der Waals surface area contributed by atoms with Crippen molar-refractivity contribution in [3.8, 4) is 11.5 Å². The van der Waals surface area contributed by atoms with Crippen molar-refractivity contribution < 1.29 is 14.4 Å². The van der Waals surface area contributed by atoms with E-state index in [0.29, 0.717) is 28.7 Å². The number of rotatable bonds is 9. The largest absolute Gasteiger partial charge is 0.493 e. The van der Waals surface area contributed by atoms with Crippen LogP contribution in [0.3, 0.4) is 0 Å². The van der Waals surface area contributed by atoms with Crippen LogP contribution in [0, 0.1) is 10.1 Å². The first-order valence-corrected chi connectivity index (χ1v) is 8.66. The van der Waals surface area contributed by atoms with Crippen LogP contribution >= 0.6 is 12.2 Å². The quantitative estimate of drug-likeness (QED) is 0.219. The normalized spacial score (nSPS) is 10.3. The van der Waals surface area contributed by atoms with Gasteiger partial charge in [0.2, 0.25) is 0 Å². The lowest BCUT2D eigenvalue weighted by molar-refractivity contribution is -0.384. The second-order valence-corrected chi connectivity index (χ2v) is 5.90. The van der Waals surface area contributed by atoms with Crippen LogP contribution < -0.4 is 20.2 Å². The molecule has 0 unspecified atom stereocenters. The van der Waals surface area contributed by atoms with Gasteiger partial charge in [-0.25, -0.2) is 0 Å². The number of hydrogen-bond acceptors (Lipinski definition) is 6. The van der Waals surface area contributed by atoms with Crippen LogP contribution in [-0.2, 0) is 6.61 Å². The van der Waals surface area contributed by atoms with Crippen LogP contribution in [0.25, 0.3) is 0 Å². The Hall–Kier alpha value is -3.46. The molecule has 0 aromatic heterocycles. The van der Waals surface area contributed by atoms with E-state index in [1.54, 1.807) is 42.6 Å². The van der Waals surface area contributed by atoms with Gasteiger partial charge in [0.1, 0.15) is 6.61 Å². The minimum Gasteiger partial charge on any atom is -0.493 e. The Morgan fingerprint density at radius 1 is 1.32 bits per heavy atom. The Morgan fingerprint density at radius 2 is 2.14 bits per heavy atom. The van der Waals surface area contributed by atoms with Gasteiger partial charge in [0.25, 0.3) is 5.69 Å². The summed E-state index contributed by atoms with van der Waals surface area (Å²) in [7, 11) is 1.53. The Labute approximate surface area is 168 Å². The molecular formula is C19H20N4O4S. The monoisotopic (exact) mass is 400 g/mol. The van der Waals surface area contributed by atoms with E-state index >= 15 is 0 Å². The van der Waals surface area contributed by atoms with E-state index in [1.165, 1.54) is 19.2 Å². The maximum atomic E-state index is 10.9. The highest BCUT2D eigenvalue weighted by molar-refractivity contribution is 7.80. The van der Waals surface area contributed by atoms with Crippen LogP contribution in [0.4, 0.5) is 5.69 Å². The van der Waals surface area contributed by atoms with Gasteiger partial charge >= 0.3 is 0 Å². The molecule has 2 N–H and O–H groups in total. The zero-order valence-electron chi connectivity index (χ0n) is 15.3. The number of thiocarbonyl (C=S) groups is 1. The lowest BCUT2D eigenvalue weighted by atomic mass is 10.2. The molecule has 0 fully saturated rings. The summed E-state index contributed by atoms with van der Waals surface area (Å²) in [4.78, 5) is 10.4. The highest BCUT2D eigenvalue weighted by Crippen LogP contribution is 2.28. The van der Waals surface area contributed by atoms with Gasteiger partial charge in [-0.15, -0.1) is 6.58 Å². The van der Waals surface area contributed by atoms with Gasteiger partial charge in [-0.1, -0.05) is 18.2 Å². The zero-order chi connectivity index (χ0) is 20.4. The van der Waals surface area contributed by atoms with E-state index in [0.717, 1.165) is 5.56 Å². The van der Waals surface area contributed by atoms with Crippen LogP contribution in [0.1, 0.15) is 11.1 Å². The molecule has 0 spiro atoms. The van der Waals surface area contributed by atoms with Gasteiger partial charge in [-0.05, 0) is 41.5 Å². The number of nitro benzene ring substituents is 1. The van der Waals surface area contributed by atoms with Crippen molar-refractivity contribution >= 4 is 29.2 Å². The Kier molecular flexibility index (Phi) is 7.92. The van der Waals surface area contributed by atoms with Gasteiger partial charge in [-0.3, -0.25) is 15.5 Å². The molecule has 0 bridgehead atoms. The molecule has 0 saturated heterocycles. The van der Waals surface area contributed by atoms with E-state index in [9.17, 15) is 10.1 Å². The molecule has 146 valence electrons. The number of methoxy groups -OCH3 is 1. The maximum Gasteiger partial charge on any atom is 0.269 e. The molecular weight excluding hydrogens is 380 g/mol. The maximum absolute atomic E-state index is 10.9. The van der Waals surface area contributed by atoms with Crippen molar-refractivity contribution in [3.05, 3.63) is 76.4 Å². The van der Waals surface area contributed by atoms with Crippen molar-refractivity contribution in [2.24, 2.45) is 5.10 Å². The van der Waals surface area contributed by atoms with E-state index in [-0.39, 0.29) is 12.3 Å². The summed E-state index contributed by atoms with van der Waals surface area (Å²) in [5.41, 5.74) is 4.18. The molecule has 2 aromatic carbocycles. The van der Waals surface area contributed by atoms with Crippen LogP contribution in [-0.4, -0.2) is 29.9 Å². The summed E-state index contributed by atoms with van der Waals surface area (Å²) < 4.78 is 11.1. The van der Waals surface area contributed by atoms with Crippen molar-refractivity contribution in [1.29, 1.82) is 0 Å². The third kappa shape index (κ3) is 6.36. The molecule has 0 aliphatic heterocycles. The van der Waals surface area contributed by atoms with Crippen molar-refractivity contribution in [3.63, 3.8) is 0 Å². The fourth-order valence-corrected chi connectivity index (χ4v) is 2.31. The van der Waals surface area contributed by atoms with E-state index in [4.69, 9.17) is 21.7 Å². The Bertz CT molecular complexity index is 886. The number of hydrogen-bond donors (Lipinski definition) is 2. The summed E-state index contributed by atoms with van der Waals surface area (Å²) in [6.45, 7) is 4.31. The second-order valence-electron chi connectivity index (χ2n) is 5.49. The standard InChI is InChI=1S/C19H20N4O4S/c1-3-9-20-19(28)22-21-12-14-7-8-17(18(11-14)26-2)27-13-15-5-4-6-16(10-15)23(24)25/h3-8,10-12H,1,9,13H2,2H3,(H2,20,22,28)/b21-12-. The van der Waals surface area contributed by atoms with Crippen molar-refractivity contribution in [2.45, 2.75) is 6.61 Å². The molecule has 0 saturated carbocycles.